The number of nitrogens with zero attached hydrogens (tertiary/aromatic N) is 1. The van der Waals surface area contributed by atoms with Gasteiger partial charge in [-0.15, -0.1) is 0 Å². The Kier molecular flexibility index (Phi) is 15.7. The molecule has 2 rings (SSSR count). The maximum atomic E-state index is 13.3. The first-order valence-corrected chi connectivity index (χ1v) is 14.2. The van der Waals surface area contributed by atoms with Crippen LogP contribution in [-0.4, -0.2) is 22.9 Å². The van der Waals surface area contributed by atoms with E-state index in [2.05, 4.69) is 73.8 Å². The Morgan fingerprint density at radius 3 is 1.79 bits per heavy atom. The molecule has 1 aliphatic rings. The summed E-state index contributed by atoms with van der Waals surface area (Å²) < 4.78 is 5.56. The van der Waals surface area contributed by atoms with Crippen LogP contribution in [0, 0.1) is 5.92 Å². The third kappa shape index (κ3) is 11.7. The van der Waals surface area contributed by atoms with Crippen LogP contribution in [0.25, 0.3) is 0 Å². The molecule has 0 aromatic heterocycles. The van der Waals surface area contributed by atoms with Gasteiger partial charge in [0.05, 0.1) is 12.0 Å². The molecule has 4 nitrogen and oxygen atoms in total. The van der Waals surface area contributed by atoms with E-state index in [-0.39, 0.29) is 11.9 Å². The highest BCUT2D eigenvalue weighted by atomic mass is 16.6. The van der Waals surface area contributed by atoms with Gasteiger partial charge in [-0.2, -0.15) is 0 Å². The Hall–Kier alpha value is -3.66. The van der Waals surface area contributed by atoms with Crippen LogP contribution in [0.3, 0.4) is 0 Å². The molecule has 1 aromatic rings. The van der Waals surface area contributed by atoms with Crippen molar-refractivity contribution in [2.24, 2.45) is 5.92 Å². The van der Waals surface area contributed by atoms with E-state index in [4.69, 9.17) is 4.74 Å². The largest absolute Gasteiger partial charge is 0.439 e. The fraction of sp³-hybridized carbons (Fsp3) is 0.371. The van der Waals surface area contributed by atoms with Gasteiger partial charge < -0.3 is 4.74 Å². The van der Waals surface area contributed by atoms with E-state index in [1.807, 2.05) is 62.4 Å². The van der Waals surface area contributed by atoms with Crippen LogP contribution in [0.2, 0.25) is 0 Å². The summed E-state index contributed by atoms with van der Waals surface area (Å²) in [4.78, 5) is 27.1. The normalized spacial score (nSPS) is 19.4. The zero-order valence-corrected chi connectivity index (χ0v) is 23.8. The van der Waals surface area contributed by atoms with Gasteiger partial charge in [0.2, 0.25) is 5.91 Å². The predicted octanol–water partition coefficient (Wildman–Crippen LogP) is 9.38. The summed E-state index contributed by atoms with van der Waals surface area (Å²) in [6.45, 7) is 5.90. The van der Waals surface area contributed by atoms with Crippen molar-refractivity contribution in [1.29, 1.82) is 0 Å². The standard InChI is InChI=1S/C35H45NO3/c1-4-6-7-8-9-10-11-12-13-14-15-16-17-18-19-20-21-23-29-32(26-5-2)34(37)36-30(3)33(39-35(36)38)31-27-24-22-25-28-31/h5-7,9-10,12-13,15-16,18-19,21-28,30,32-33H,4,8,11,14,17,20,29H2,1-3H3/b7-6-,10-9-,13-12-,16-15-,19-18-,23-21-,26-5?/t30-,32?,33-/m0/s1. The van der Waals surface area contributed by atoms with Crippen LogP contribution < -0.4 is 0 Å². The maximum Gasteiger partial charge on any atom is 0.417 e. The van der Waals surface area contributed by atoms with E-state index in [9.17, 15) is 9.59 Å². The molecule has 1 saturated heterocycles. The quantitative estimate of drug-likeness (QED) is 0.201. The van der Waals surface area contributed by atoms with Crippen molar-refractivity contribution in [2.45, 2.75) is 77.9 Å². The van der Waals surface area contributed by atoms with Crippen LogP contribution >= 0.6 is 0 Å². The Labute approximate surface area is 235 Å². The third-order valence-electron chi connectivity index (χ3n) is 6.36. The number of hydrogen-bond acceptors (Lipinski definition) is 3. The molecule has 1 aromatic carbocycles. The van der Waals surface area contributed by atoms with Crippen molar-refractivity contribution in [3.05, 3.63) is 121 Å². The van der Waals surface area contributed by atoms with Gasteiger partial charge in [-0.25, -0.2) is 9.69 Å². The van der Waals surface area contributed by atoms with Crippen molar-refractivity contribution in [3.63, 3.8) is 0 Å². The Balaban J connectivity index is 1.71. The highest BCUT2D eigenvalue weighted by Crippen LogP contribution is 2.33. The topological polar surface area (TPSA) is 46.6 Å². The summed E-state index contributed by atoms with van der Waals surface area (Å²) in [6, 6.07) is 9.22. The molecule has 4 heteroatoms. The van der Waals surface area contributed by atoms with E-state index in [0.29, 0.717) is 6.42 Å². The van der Waals surface area contributed by atoms with Crippen molar-refractivity contribution >= 4 is 12.0 Å². The average molecular weight is 528 g/mol. The molecule has 2 amide bonds. The van der Waals surface area contributed by atoms with Crippen LogP contribution in [-0.2, 0) is 9.53 Å². The van der Waals surface area contributed by atoms with Crippen LogP contribution in [0.4, 0.5) is 4.79 Å². The SMILES string of the molecule is CC=CC(C/C=C\C/C=C\C/C=C\C/C=C\C/C=C\C/C=C\CC)C(=O)N1C(=O)O[C@H](c2ccccc2)[C@@H]1C. The van der Waals surface area contributed by atoms with Gasteiger partial charge in [-0.1, -0.05) is 122 Å². The molecule has 208 valence electrons. The molecule has 0 radical (unpaired) electrons. The molecule has 3 atom stereocenters. The second-order valence-electron chi connectivity index (χ2n) is 9.45. The number of carbonyl (C=O) groups is 2. The molecular weight excluding hydrogens is 482 g/mol. The van der Waals surface area contributed by atoms with E-state index in [1.54, 1.807) is 0 Å². The molecule has 1 fully saturated rings. The molecule has 1 unspecified atom stereocenters. The monoisotopic (exact) mass is 527 g/mol. The van der Waals surface area contributed by atoms with Crippen LogP contribution in [0.15, 0.2) is 115 Å². The van der Waals surface area contributed by atoms with Crippen molar-refractivity contribution in [1.82, 2.24) is 4.90 Å². The summed E-state index contributed by atoms with van der Waals surface area (Å²) in [7, 11) is 0. The number of benzene rings is 1. The molecular formula is C35H45NO3. The number of carbonyl (C=O) groups excluding carboxylic acids is 2. The predicted molar refractivity (Wildman–Crippen MR) is 163 cm³/mol. The zero-order chi connectivity index (χ0) is 28.1. The third-order valence-corrected chi connectivity index (χ3v) is 6.36. The van der Waals surface area contributed by atoms with Gasteiger partial charge in [0.25, 0.3) is 0 Å². The fourth-order valence-corrected chi connectivity index (χ4v) is 4.28. The van der Waals surface area contributed by atoms with Gasteiger partial charge in [0.15, 0.2) is 0 Å². The highest BCUT2D eigenvalue weighted by molar-refractivity contribution is 5.96. The number of hydrogen-bond donors (Lipinski definition) is 0. The Morgan fingerprint density at radius 2 is 1.31 bits per heavy atom. The van der Waals surface area contributed by atoms with Crippen molar-refractivity contribution in [3.8, 4) is 0 Å². The second kappa shape index (κ2) is 19.4. The van der Waals surface area contributed by atoms with Gasteiger partial charge in [0, 0.05) is 0 Å². The fourth-order valence-electron chi connectivity index (χ4n) is 4.28. The van der Waals surface area contributed by atoms with E-state index in [0.717, 1.165) is 44.1 Å². The minimum Gasteiger partial charge on any atom is -0.439 e. The molecule has 1 aliphatic heterocycles. The molecule has 0 saturated carbocycles. The minimum atomic E-state index is -0.571. The second-order valence-corrected chi connectivity index (χ2v) is 9.45. The number of ether oxygens (including phenoxy) is 1. The first-order chi connectivity index (χ1) is 19.1. The lowest BCUT2D eigenvalue weighted by molar-refractivity contribution is -0.131. The highest BCUT2D eigenvalue weighted by Gasteiger charge is 2.44. The van der Waals surface area contributed by atoms with E-state index >= 15 is 0 Å². The Morgan fingerprint density at radius 1 is 0.821 bits per heavy atom. The van der Waals surface area contributed by atoms with Gasteiger partial charge in [-0.05, 0) is 64.4 Å². The molecule has 0 spiro atoms. The summed E-state index contributed by atoms with van der Waals surface area (Å²) in [5.41, 5.74) is 0.896. The molecule has 0 aliphatic carbocycles. The lowest BCUT2D eigenvalue weighted by Crippen LogP contribution is -2.41. The lowest BCUT2D eigenvalue weighted by Gasteiger charge is -2.22. The lowest BCUT2D eigenvalue weighted by atomic mass is 9.99. The van der Waals surface area contributed by atoms with Crippen molar-refractivity contribution < 1.29 is 14.3 Å². The minimum absolute atomic E-state index is 0.219. The zero-order valence-electron chi connectivity index (χ0n) is 23.8. The smallest absolute Gasteiger partial charge is 0.417 e. The van der Waals surface area contributed by atoms with Gasteiger partial charge in [-0.3, -0.25) is 4.79 Å². The summed E-state index contributed by atoms with van der Waals surface area (Å²) in [5.74, 6) is -0.618. The molecule has 0 N–H and O–H groups in total. The number of allylic oxidation sites excluding steroid dienone is 13. The summed E-state index contributed by atoms with van der Waals surface area (Å²) in [5, 5.41) is 0. The van der Waals surface area contributed by atoms with Crippen molar-refractivity contribution in [2.75, 3.05) is 0 Å². The van der Waals surface area contributed by atoms with Gasteiger partial charge in [0.1, 0.15) is 6.10 Å². The number of amides is 2. The molecule has 1 heterocycles. The van der Waals surface area contributed by atoms with Gasteiger partial charge >= 0.3 is 6.09 Å². The average Bonchev–Trinajstić information content (AvgIpc) is 3.25. The van der Waals surface area contributed by atoms with E-state index < -0.39 is 18.1 Å². The Bertz CT molecular complexity index is 1060. The first kappa shape index (κ1) is 31.6. The van der Waals surface area contributed by atoms with E-state index in [1.165, 1.54) is 4.90 Å². The number of imide groups is 1. The number of cyclic esters (lactones) is 1. The molecule has 0 bridgehead atoms. The first-order valence-electron chi connectivity index (χ1n) is 14.2. The summed E-state index contributed by atoms with van der Waals surface area (Å²) in [6.07, 6.45) is 34.9. The van der Waals surface area contributed by atoms with Crippen LogP contribution in [0.5, 0.6) is 0 Å². The van der Waals surface area contributed by atoms with Crippen LogP contribution in [0.1, 0.15) is 77.4 Å². The number of rotatable bonds is 16. The molecule has 39 heavy (non-hydrogen) atoms. The maximum absolute atomic E-state index is 13.3. The summed E-state index contributed by atoms with van der Waals surface area (Å²) >= 11 is 0.